The summed E-state index contributed by atoms with van der Waals surface area (Å²) < 4.78 is 18.2. The maximum atomic E-state index is 12.1. The van der Waals surface area contributed by atoms with Gasteiger partial charge in [0.1, 0.15) is 34.2 Å². The number of carbonyl (C=O) groups excluding carboxylic acids is 1. The van der Waals surface area contributed by atoms with Crippen LogP contribution in [0.25, 0.3) is 27.4 Å². The molecular formula is C23H20N4O4S. The van der Waals surface area contributed by atoms with E-state index in [-0.39, 0.29) is 5.97 Å². The fourth-order valence-corrected chi connectivity index (χ4v) is 4.52. The minimum atomic E-state index is -0.386. The van der Waals surface area contributed by atoms with Gasteiger partial charge < -0.3 is 13.9 Å². The molecule has 0 aliphatic carbocycles. The molecule has 0 unspecified atom stereocenters. The highest BCUT2D eigenvalue weighted by molar-refractivity contribution is 7.20. The van der Waals surface area contributed by atoms with Crippen LogP contribution in [0.5, 0.6) is 5.75 Å². The van der Waals surface area contributed by atoms with Crippen LogP contribution in [0.3, 0.4) is 0 Å². The molecule has 0 bridgehead atoms. The Morgan fingerprint density at radius 3 is 2.78 bits per heavy atom. The summed E-state index contributed by atoms with van der Waals surface area (Å²) in [6.45, 7) is 6.28. The minimum Gasteiger partial charge on any atom is -0.486 e. The first kappa shape index (κ1) is 20.2. The summed E-state index contributed by atoms with van der Waals surface area (Å²) in [5, 5.41) is 5.28. The van der Waals surface area contributed by atoms with E-state index in [9.17, 15) is 4.79 Å². The van der Waals surface area contributed by atoms with Gasteiger partial charge >= 0.3 is 5.97 Å². The van der Waals surface area contributed by atoms with Crippen molar-refractivity contribution in [1.82, 2.24) is 19.6 Å². The number of esters is 1. The molecule has 0 aliphatic heterocycles. The van der Waals surface area contributed by atoms with Gasteiger partial charge in [-0.05, 0) is 61.7 Å². The number of carbonyl (C=O) groups is 1. The van der Waals surface area contributed by atoms with E-state index in [2.05, 4.69) is 28.9 Å². The van der Waals surface area contributed by atoms with Gasteiger partial charge in [0.05, 0.1) is 12.5 Å². The number of hydrogen-bond donors (Lipinski definition) is 0. The smallest absolute Gasteiger partial charge is 0.348 e. The number of thiophene rings is 1. The summed E-state index contributed by atoms with van der Waals surface area (Å²) >= 11 is 1.28. The Kier molecular flexibility index (Phi) is 4.90. The first-order valence-electron chi connectivity index (χ1n) is 9.96. The molecule has 162 valence electrons. The Morgan fingerprint density at radius 1 is 1.16 bits per heavy atom. The first-order valence-corrected chi connectivity index (χ1v) is 10.8. The van der Waals surface area contributed by atoms with Gasteiger partial charge in [-0.25, -0.2) is 19.3 Å². The molecule has 5 rings (SSSR count). The van der Waals surface area contributed by atoms with Crippen LogP contribution in [0.4, 0.5) is 0 Å². The van der Waals surface area contributed by atoms with Crippen molar-refractivity contribution in [2.24, 2.45) is 0 Å². The second kappa shape index (κ2) is 7.76. The van der Waals surface area contributed by atoms with Crippen LogP contribution in [-0.4, -0.2) is 32.7 Å². The Labute approximate surface area is 187 Å². The Balaban J connectivity index is 1.44. The summed E-state index contributed by atoms with van der Waals surface area (Å²) in [6, 6.07) is 9.65. The quantitative estimate of drug-likeness (QED) is 0.354. The fourth-order valence-electron chi connectivity index (χ4n) is 3.46. The van der Waals surface area contributed by atoms with Crippen LogP contribution in [-0.2, 0) is 11.3 Å². The van der Waals surface area contributed by atoms with Crippen LogP contribution in [0, 0.1) is 20.8 Å². The summed E-state index contributed by atoms with van der Waals surface area (Å²) in [6.07, 6.45) is 1.58. The van der Waals surface area contributed by atoms with Gasteiger partial charge in [0.2, 0.25) is 5.82 Å². The van der Waals surface area contributed by atoms with Crippen molar-refractivity contribution in [2.45, 2.75) is 27.4 Å². The topological polar surface area (TPSA) is 91.8 Å². The minimum absolute atomic E-state index is 0.299. The van der Waals surface area contributed by atoms with Gasteiger partial charge in [0, 0.05) is 0 Å². The molecule has 4 aromatic heterocycles. The lowest BCUT2D eigenvalue weighted by atomic mass is 10.1. The molecule has 8 nitrogen and oxygen atoms in total. The Bertz CT molecular complexity index is 1480. The van der Waals surface area contributed by atoms with Crippen molar-refractivity contribution < 1.29 is 18.7 Å². The fraction of sp³-hybridized carbons (Fsp3) is 0.217. The molecule has 0 fully saturated rings. The molecule has 0 N–H and O–H groups in total. The third kappa shape index (κ3) is 3.40. The Morgan fingerprint density at radius 2 is 2.00 bits per heavy atom. The molecule has 0 aliphatic rings. The molecule has 9 heteroatoms. The third-order valence-electron chi connectivity index (χ3n) is 5.38. The first-order chi connectivity index (χ1) is 15.4. The summed E-state index contributed by atoms with van der Waals surface area (Å²) in [5.41, 5.74) is 3.78. The maximum Gasteiger partial charge on any atom is 0.348 e. The Hall–Kier alpha value is -3.72. The summed E-state index contributed by atoms with van der Waals surface area (Å²) in [7, 11) is 1.36. The molecular weight excluding hydrogens is 428 g/mol. The van der Waals surface area contributed by atoms with Gasteiger partial charge in [-0.3, -0.25) is 0 Å². The van der Waals surface area contributed by atoms with Gasteiger partial charge in [0.25, 0.3) is 0 Å². The molecule has 0 radical (unpaired) electrons. The zero-order valence-electron chi connectivity index (χ0n) is 18.0. The highest BCUT2D eigenvalue weighted by atomic mass is 32.1. The normalized spacial score (nSPS) is 11.4. The molecule has 32 heavy (non-hydrogen) atoms. The number of ether oxygens (including phenoxy) is 2. The molecule has 5 aromatic rings. The van der Waals surface area contributed by atoms with Crippen molar-refractivity contribution in [3.8, 4) is 17.3 Å². The molecule has 4 heterocycles. The molecule has 0 atom stereocenters. The van der Waals surface area contributed by atoms with E-state index in [4.69, 9.17) is 13.9 Å². The van der Waals surface area contributed by atoms with Crippen molar-refractivity contribution in [1.29, 1.82) is 0 Å². The molecule has 0 spiro atoms. The van der Waals surface area contributed by atoms with Gasteiger partial charge in [-0.15, -0.1) is 16.4 Å². The SMILES string of the molecule is COC(=O)c1sc2ncn3nc(-c4ccc(COc5ccc(C)c(C)c5)o4)nc3c2c1C. The monoisotopic (exact) mass is 448 g/mol. The summed E-state index contributed by atoms with van der Waals surface area (Å²) in [5.74, 6) is 2.03. The van der Waals surface area contributed by atoms with E-state index in [0.29, 0.717) is 39.3 Å². The zero-order valence-corrected chi connectivity index (χ0v) is 18.8. The number of fused-ring (bicyclic) bond motifs is 3. The predicted octanol–water partition coefficient (Wildman–Crippen LogP) is 4.89. The number of aromatic nitrogens is 4. The number of nitrogens with zero attached hydrogens (tertiary/aromatic N) is 4. The van der Waals surface area contributed by atoms with Gasteiger partial charge in [-0.1, -0.05) is 6.07 Å². The van der Waals surface area contributed by atoms with Crippen LogP contribution >= 0.6 is 11.3 Å². The van der Waals surface area contributed by atoms with E-state index in [1.165, 1.54) is 29.6 Å². The van der Waals surface area contributed by atoms with E-state index < -0.39 is 0 Å². The lowest BCUT2D eigenvalue weighted by Crippen LogP contribution is -1.99. The van der Waals surface area contributed by atoms with Crippen molar-refractivity contribution in [2.75, 3.05) is 7.11 Å². The van der Waals surface area contributed by atoms with E-state index in [0.717, 1.165) is 16.7 Å². The average Bonchev–Trinajstić information content (AvgIpc) is 3.50. The molecule has 0 amide bonds. The van der Waals surface area contributed by atoms with Crippen molar-refractivity contribution >= 4 is 33.2 Å². The zero-order chi connectivity index (χ0) is 22.4. The van der Waals surface area contributed by atoms with Crippen LogP contribution in [0.1, 0.15) is 32.1 Å². The number of rotatable bonds is 5. The number of furan rings is 1. The molecule has 0 saturated carbocycles. The number of benzene rings is 1. The largest absolute Gasteiger partial charge is 0.486 e. The van der Waals surface area contributed by atoms with E-state index in [1.54, 1.807) is 10.8 Å². The van der Waals surface area contributed by atoms with Crippen molar-refractivity contribution in [3.63, 3.8) is 0 Å². The second-order valence-electron chi connectivity index (χ2n) is 7.48. The third-order valence-corrected chi connectivity index (χ3v) is 6.56. The van der Waals surface area contributed by atoms with Crippen LogP contribution in [0.15, 0.2) is 41.1 Å². The van der Waals surface area contributed by atoms with Gasteiger partial charge in [0.15, 0.2) is 11.4 Å². The maximum absolute atomic E-state index is 12.1. The highest BCUT2D eigenvalue weighted by Crippen LogP contribution is 2.33. The lowest BCUT2D eigenvalue weighted by Gasteiger charge is -2.06. The van der Waals surface area contributed by atoms with Crippen LogP contribution in [0.2, 0.25) is 0 Å². The molecule has 1 aromatic carbocycles. The van der Waals surface area contributed by atoms with E-state index >= 15 is 0 Å². The predicted molar refractivity (Wildman–Crippen MR) is 120 cm³/mol. The number of aryl methyl sites for hydroxylation is 3. The number of hydrogen-bond acceptors (Lipinski definition) is 8. The lowest BCUT2D eigenvalue weighted by molar-refractivity contribution is 0.0605. The van der Waals surface area contributed by atoms with E-state index in [1.807, 2.05) is 37.3 Å². The molecule has 0 saturated heterocycles. The average molecular weight is 449 g/mol. The second-order valence-corrected chi connectivity index (χ2v) is 8.48. The number of methoxy groups -OCH3 is 1. The van der Waals surface area contributed by atoms with Crippen molar-refractivity contribution in [3.05, 3.63) is 64.0 Å². The standard InChI is InChI=1S/C23H20N4O4S/c1-12-5-6-15(9-13(12)2)30-10-16-7-8-17(31-16)20-25-21-18-14(3)19(23(28)29-4)32-22(18)24-11-27(21)26-20/h5-9,11H,10H2,1-4H3. The van der Waals surface area contributed by atoms with Gasteiger partial charge in [-0.2, -0.15) is 0 Å². The van der Waals surface area contributed by atoms with Crippen LogP contribution < -0.4 is 4.74 Å². The highest BCUT2D eigenvalue weighted by Gasteiger charge is 2.21. The summed E-state index contributed by atoms with van der Waals surface area (Å²) in [4.78, 5) is 22.3.